The number of hydrogen-bond acceptors (Lipinski definition) is 4. The Hall–Kier alpha value is -2.48. The second-order valence-electron chi connectivity index (χ2n) is 7.73. The molecule has 0 spiro atoms. The van der Waals surface area contributed by atoms with Crippen molar-refractivity contribution >= 4 is 10.0 Å². The van der Waals surface area contributed by atoms with Gasteiger partial charge in [-0.1, -0.05) is 60.7 Å². The molecule has 0 aliphatic carbocycles. The summed E-state index contributed by atoms with van der Waals surface area (Å²) < 4.78 is 29.6. The Kier molecular flexibility index (Phi) is 6.62. The van der Waals surface area contributed by atoms with Crippen molar-refractivity contribution in [2.24, 2.45) is 0 Å². The molecule has 7 heteroatoms. The molecule has 30 heavy (non-hydrogen) atoms. The predicted octanol–water partition coefficient (Wildman–Crippen LogP) is 2.97. The van der Waals surface area contributed by atoms with Crippen molar-refractivity contribution in [2.45, 2.75) is 25.3 Å². The minimum absolute atomic E-state index is 0.0648. The van der Waals surface area contributed by atoms with Crippen molar-refractivity contribution in [3.63, 3.8) is 0 Å². The second kappa shape index (κ2) is 9.55. The van der Waals surface area contributed by atoms with Crippen LogP contribution in [0, 0.1) is 0 Å². The molecule has 1 aromatic heterocycles. The van der Waals surface area contributed by atoms with E-state index in [4.69, 9.17) is 0 Å². The van der Waals surface area contributed by atoms with Crippen LogP contribution in [0.25, 0.3) is 0 Å². The average molecular weight is 425 g/mol. The molecule has 3 aromatic rings. The van der Waals surface area contributed by atoms with E-state index >= 15 is 0 Å². The summed E-state index contributed by atoms with van der Waals surface area (Å²) in [6.07, 6.45) is 4.68. The SMILES string of the molecule is O=S(=O)(Cc1ccccc1)N1CCCN(Cc2nccn2Cc2ccccc2)CC1. The van der Waals surface area contributed by atoms with Crippen molar-refractivity contribution < 1.29 is 8.42 Å². The normalized spacial score (nSPS) is 16.4. The van der Waals surface area contributed by atoms with Crippen molar-refractivity contribution in [1.29, 1.82) is 0 Å². The molecule has 4 rings (SSSR count). The lowest BCUT2D eigenvalue weighted by Gasteiger charge is -2.22. The number of rotatable bonds is 7. The first-order valence-corrected chi connectivity index (χ1v) is 12.0. The highest BCUT2D eigenvalue weighted by atomic mass is 32.2. The van der Waals surface area contributed by atoms with Crippen molar-refractivity contribution in [3.05, 3.63) is 90.0 Å². The summed E-state index contributed by atoms with van der Waals surface area (Å²) in [4.78, 5) is 6.86. The molecule has 0 N–H and O–H groups in total. The quantitative estimate of drug-likeness (QED) is 0.585. The molecule has 6 nitrogen and oxygen atoms in total. The smallest absolute Gasteiger partial charge is 0.218 e. The molecule has 2 aromatic carbocycles. The second-order valence-corrected chi connectivity index (χ2v) is 9.70. The summed E-state index contributed by atoms with van der Waals surface area (Å²) in [5, 5.41) is 0. The van der Waals surface area contributed by atoms with E-state index in [0.29, 0.717) is 19.6 Å². The van der Waals surface area contributed by atoms with Gasteiger partial charge in [0.15, 0.2) is 0 Å². The Labute approximate surface area is 178 Å². The van der Waals surface area contributed by atoms with Gasteiger partial charge in [-0.25, -0.2) is 17.7 Å². The minimum atomic E-state index is -3.31. The van der Waals surface area contributed by atoms with E-state index in [0.717, 1.165) is 37.4 Å². The van der Waals surface area contributed by atoms with E-state index in [2.05, 4.69) is 26.6 Å². The molecule has 1 fully saturated rings. The summed E-state index contributed by atoms with van der Waals surface area (Å²) >= 11 is 0. The Morgan fingerprint density at radius 2 is 1.50 bits per heavy atom. The molecule has 0 atom stereocenters. The zero-order chi connectivity index (χ0) is 20.8. The largest absolute Gasteiger partial charge is 0.329 e. The van der Waals surface area contributed by atoms with Crippen LogP contribution < -0.4 is 0 Å². The van der Waals surface area contributed by atoms with Crippen LogP contribution in [0.15, 0.2) is 73.1 Å². The van der Waals surface area contributed by atoms with Gasteiger partial charge >= 0.3 is 0 Å². The maximum atomic E-state index is 12.9. The van der Waals surface area contributed by atoms with Gasteiger partial charge in [-0.05, 0) is 24.1 Å². The molecule has 0 bridgehead atoms. The van der Waals surface area contributed by atoms with E-state index in [-0.39, 0.29) is 5.75 Å². The number of nitrogens with zero attached hydrogens (tertiary/aromatic N) is 4. The third-order valence-electron chi connectivity index (χ3n) is 5.50. The van der Waals surface area contributed by atoms with Crippen LogP contribution in [0.5, 0.6) is 0 Å². The number of hydrogen-bond donors (Lipinski definition) is 0. The maximum Gasteiger partial charge on any atom is 0.218 e. The zero-order valence-electron chi connectivity index (χ0n) is 17.1. The third kappa shape index (κ3) is 5.36. The lowest BCUT2D eigenvalue weighted by Crippen LogP contribution is -2.36. The summed E-state index contributed by atoms with van der Waals surface area (Å²) in [5.74, 6) is 1.08. The molecule has 0 radical (unpaired) electrons. The van der Waals surface area contributed by atoms with Gasteiger partial charge in [-0.3, -0.25) is 4.90 Å². The van der Waals surface area contributed by atoms with E-state index in [1.807, 2.05) is 60.9 Å². The van der Waals surface area contributed by atoms with E-state index < -0.39 is 10.0 Å². The van der Waals surface area contributed by atoms with E-state index in [1.54, 1.807) is 4.31 Å². The Balaban J connectivity index is 1.37. The molecular weight excluding hydrogens is 396 g/mol. The molecule has 1 saturated heterocycles. The van der Waals surface area contributed by atoms with Crippen molar-refractivity contribution in [2.75, 3.05) is 26.2 Å². The molecule has 158 valence electrons. The Bertz CT molecular complexity index is 1040. The fourth-order valence-electron chi connectivity index (χ4n) is 3.88. The molecule has 1 aliphatic heterocycles. The van der Waals surface area contributed by atoms with Crippen LogP contribution >= 0.6 is 0 Å². The number of sulfonamides is 1. The van der Waals surface area contributed by atoms with Crippen molar-refractivity contribution in [1.82, 2.24) is 18.8 Å². The predicted molar refractivity (Wildman–Crippen MR) is 118 cm³/mol. The molecule has 2 heterocycles. The topological polar surface area (TPSA) is 58.4 Å². The first-order valence-electron chi connectivity index (χ1n) is 10.4. The van der Waals surface area contributed by atoms with Gasteiger partial charge in [0.05, 0.1) is 12.3 Å². The van der Waals surface area contributed by atoms with Crippen LogP contribution in [0.4, 0.5) is 0 Å². The Morgan fingerprint density at radius 3 is 2.23 bits per heavy atom. The van der Waals surface area contributed by atoms with Gasteiger partial charge in [0.25, 0.3) is 0 Å². The first-order chi connectivity index (χ1) is 14.6. The average Bonchev–Trinajstić information content (AvgIpc) is 3.02. The number of benzene rings is 2. The van der Waals surface area contributed by atoms with Crippen LogP contribution in [-0.2, 0) is 28.9 Å². The summed E-state index contributed by atoms with van der Waals surface area (Å²) in [7, 11) is -3.31. The summed E-state index contributed by atoms with van der Waals surface area (Å²) in [5.41, 5.74) is 2.08. The molecule has 1 aliphatic rings. The standard InChI is InChI=1S/C23H28N4O2S/c28-30(29,20-22-10-5-2-6-11-22)27-14-7-13-25(16-17-27)19-23-24-12-15-26(23)18-21-8-3-1-4-9-21/h1-6,8-12,15H,7,13-14,16-20H2. The van der Waals surface area contributed by atoms with Crippen LogP contribution in [0.3, 0.4) is 0 Å². The van der Waals surface area contributed by atoms with Gasteiger partial charge in [-0.2, -0.15) is 0 Å². The number of aromatic nitrogens is 2. The molecule has 0 amide bonds. The highest BCUT2D eigenvalue weighted by molar-refractivity contribution is 7.88. The third-order valence-corrected chi connectivity index (χ3v) is 7.35. The van der Waals surface area contributed by atoms with Crippen molar-refractivity contribution in [3.8, 4) is 0 Å². The summed E-state index contributed by atoms with van der Waals surface area (Å²) in [6.45, 7) is 4.20. The monoisotopic (exact) mass is 424 g/mol. The van der Waals surface area contributed by atoms with E-state index in [9.17, 15) is 8.42 Å². The van der Waals surface area contributed by atoms with Crippen LogP contribution in [-0.4, -0.2) is 53.4 Å². The Morgan fingerprint density at radius 1 is 0.800 bits per heavy atom. The van der Waals surface area contributed by atoms with E-state index in [1.165, 1.54) is 5.56 Å². The van der Waals surface area contributed by atoms with Gasteiger partial charge in [0.2, 0.25) is 10.0 Å². The lowest BCUT2D eigenvalue weighted by molar-refractivity contribution is 0.268. The lowest BCUT2D eigenvalue weighted by atomic mass is 10.2. The molecule has 0 unspecified atom stereocenters. The number of imidazole rings is 1. The fourth-order valence-corrected chi connectivity index (χ4v) is 5.44. The zero-order valence-corrected chi connectivity index (χ0v) is 17.9. The summed E-state index contributed by atoms with van der Waals surface area (Å²) in [6, 6.07) is 19.8. The van der Waals surface area contributed by atoms with Crippen LogP contribution in [0.1, 0.15) is 23.4 Å². The van der Waals surface area contributed by atoms with Gasteiger partial charge < -0.3 is 4.57 Å². The fraction of sp³-hybridized carbons (Fsp3) is 0.348. The highest BCUT2D eigenvalue weighted by Crippen LogP contribution is 2.15. The molecule has 0 saturated carbocycles. The van der Waals surface area contributed by atoms with Gasteiger partial charge in [0.1, 0.15) is 5.82 Å². The molecular formula is C23H28N4O2S. The van der Waals surface area contributed by atoms with Gasteiger partial charge in [-0.15, -0.1) is 0 Å². The maximum absolute atomic E-state index is 12.9. The highest BCUT2D eigenvalue weighted by Gasteiger charge is 2.25. The first kappa shape index (κ1) is 20.8. The van der Waals surface area contributed by atoms with Gasteiger partial charge in [0, 0.05) is 38.6 Å². The van der Waals surface area contributed by atoms with Crippen LogP contribution in [0.2, 0.25) is 0 Å². The minimum Gasteiger partial charge on any atom is -0.329 e.